The summed E-state index contributed by atoms with van der Waals surface area (Å²) in [6.07, 6.45) is -0.752. The maximum atomic E-state index is 10.8. The van der Waals surface area contributed by atoms with Crippen molar-refractivity contribution in [3.05, 3.63) is 12.3 Å². The molecule has 0 bridgehead atoms. The van der Waals surface area contributed by atoms with E-state index in [0.717, 1.165) is 0 Å². The van der Waals surface area contributed by atoms with E-state index in [0.29, 0.717) is 0 Å². The number of carbonyl (C=O) groups is 3. The van der Waals surface area contributed by atoms with Gasteiger partial charge in [0.1, 0.15) is 12.1 Å². The van der Waals surface area contributed by atoms with Gasteiger partial charge >= 0.3 is 17.9 Å². The minimum atomic E-state index is -1.30. The highest BCUT2D eigenvalue weighted by Gasteiger charge is 2.21. The highest BCUT2D eigenvalue weighted by molar-refractivity contribution is 5.80. The molecular weight excluding hydrogens is 272 g/mol. The molecule has 9 nitrogen and oxygen atoms in total. The van der Waals surface area contributed by atoms with E-state index in [1.807, 2.05) is 0 Å². The minimum Gasteiger partial charge on any atom is -0.513 e. The zero-order chi connectivity index (χ0) is 15.7. The van der Waals surface area contributed by atoms with E-state index in [2.05, 4.69) is 17.2 Å². The Morgan fingerprint density at radius 1 is 0.850 bits per heavy atom. The number of aliphatic hydroxyl groups excluding tert-OH is 1. The molecule has 2 unspecified atom stereocenters. The summed E-state index contributed by atoms with van der Waals surface area (Å²) in [6.45, 7) is 3.34. The first-order valence-electron chi connectivity index (χ1n) is 5.75. The normalized spacial score (nSPS) is 13.4. The number of aliphatic carboxylic acids is 3. The number of hydrogen-bond donors (Lipinski definition) is 6. The summed E-state index contributed by atoms with van der Waals surface area (Å²) in [7, 11) is 0. The molecule has 0 aliphatic heterocycles. The Kier molecular flexibility index (Phi) is 7.94. The van der Waals surface area contributed by atoms with Crippen molar-refractivity contribution >= 4 is 17.9 Å². The quantitative estimate of drug-likeness (QED) is 0.207. The van der Waals surface area contributed by atoms with Crippen molar-refractivity contribution in [3.63, 3.8) is 0 Å². The predicted molar refractivity (Wildman–Crippen MR) is 67.5 cm³/mol. The first-order valence-corrected chi connectivity index (χ1v) is 5.75. The monoisotopic (exact) mass is 290 g/mol. The van der Waals surface area contributed by atoms with E-state index < -0.39 is 36.4 Å². The molecule has 0 aliphatic carbocycles. The fourth-order valence-corrected chi connectivity index (χ4v) is 1.40. The molecule has 0 amide bonds. The van der Waals surface area contributed by atoms with Crippen molar-refractivity contribution in [2.24, 2.45) is 0 Å². The lowest BCUT2D eigenvalue weighted by Gasteiger charge is -2.16. The van der Waals surface area contributed by atoms with Crippen molar-refractivity contribution in [1.29, 1.82) is 0 Å². The molecule has 6 N–H and O–H groups in total. The molecule has 0 saturated heterocycles. The van der Waals surface area contributed by atoms with Crippen LogP contribution in [0.25, 0.3) is 0 Å². The molecule has 2 atom stereocenters. The smallest absolute Gasteiger partial charge is 0.321 e. The Morgan fingerprint density at radius 2 is 1.25 bits per heavy atom. The van der Waals surface area contributed by atoms with E-state index in [1.165, 1.54) is 0 Å². The van der Waals surface area contributed by atoms with Crippen molar-refractivity contribution in [2.45, 2.75) is 24.9 Å². The van der Waals surface area contributed by atoms with Gasteiger partial charge in [-0.1, -0.05) is 6.58 Å². The maximum absolute atomic E-state index is 10.8. The van der Waals surface area contributed by atoms with Crippen molar-refractivity contribution in [2.75, 3.05) is 13.1 Å². The zero-order valence-electron chi connectivity index (χ0n) is 10.7. The molecule has 114 valence electrons. The Labute approximate surface area is 114 Å². The summed E-state index contributed by atoms with van der Waals surface area (Å²) in [4.78, 5) is 32.0. The number of hydrogen-bond acceptors (Lipinski definition) is 6. The average Bonchev–Trinajstić information content (AvgIpc) is 2.29. The highest BCUT2D eigenvalue weighted by Crippen LogP contribution is 1.99. The summed E-state index contributed by atoms with van der Waals surface area (Å²) < 4.78 is 0. The van der Waals surface area contributed by atoms with Crippen LogP contribution in [-0.4, -0.2) is 63.5 Å². The zero-order valence-corrected chi connectivity index (χ0v) is 10.7. The molecule has 0 spiro atoms. The van der Waals surface area contributed by atoms with Crippen LogP contribution in [0.5, 0.6) is 0 Å². The van der Waals surface area contributed by atoms with Crippen LogP contribution in [-0.2, 0) is 14.4 Å². The standard InChI is InChI=1S/C11H18N2O7/c1-6(14)4-7(10(17)18)12-2-3-13-8(11(19)20)5-9(15)16/h7-8,12-14H,1-5H2,(H,15,16)(H,17,18)(H,19,20). The molecule has 0 aromatic carbocycles. The van der Waals surface area contributed by atoms with Crippen LogP contribution < -0.4 is 10.6 Å². The van der Waals surface area contributed by atoms with Gasteiger partial charge in [-0.3, -0.25) is 14.4 Å². The topological polar surface area (TPSA) is 156 Å². The molecule has 0 aliphatic rings. The van der Waals surface area contributed by atoms with E-state index in [9.17, 15) is 14.4 Å². The third-order valence-electron chi connectivity index (χ3n) is 2.32. The Morgan fingerprint density at radius 3 is 1.55 bits per heavy atom. The van der Waals surface area contributed by atoms with Gasteiger partial charge in [-0.2, -0.15) is 0 Å². The van der Waals surface area contributed by atoms with Crippen LogP contribution in [0.2, 0.25) is 0 Å². The SMILES string of the molecule is C=C(O)CC(NCCNC(CC(=O)O)C(=O)O)C(=O)O. The fourth-order valence-electron chi connectivity index (χ4n) is 1.40. The lowest BCUT2D eigenvalue weighted by molar-refractivity contribution is -0.145. The molecule has 0 radical (unpaired) electrons. The molecule has 0 saturated carbocycles. The summed E-state index contributed by atoms with van der Waals surface area (Å²) in [5.74, 6) is -4.02. The highest BCUT2D eigenvalue weighted by atomic mass is 16.4. The minimum absolute atomic E-state index is 0.0614. The third-order valence-corrected chi connectivity index (χ3v) is 2.32. The van der Waals surface area contributed by atoms with Crippen molar-refractivity contribution in [3.8, 4) is 0 Å². The lowest BCUT2D eigenvalue weighted by Crippen LogP contribution is -2.45. The second kappa shape index (κ2) is 8.88. The van der Waals surface area contributed by atoms with E-state index in [1.54, 1.807) is 0 Å². The van der Waals surface area contributed by atoms with Crippen molar-refractivity contribution < 1.29 is 34.8 Å². The van der Waals surface area contributed by atoms with Gasteiger partial charge in [-0.05, 0) is 0 Å². The molecule has 0 rings (SSSR count). The predicted octanol–water partition coefficient (Wildman–Crippen LogP) is -0.991. The number of carboxylic acids is 3. The van der Waals surface area contributed by atoms with Crippen LogP contribution in [0.1, 0.15) is 12.8 Å². The van der Waals surface area contributed by atoms with Gasteiger partial charge in [0.05, 0.1) is 12.2 Å². The summed E-state index contributed by atoms with van der Waals surface area (Å²) in [5, 5.41) is 40.1. The number of carboxylic acid groups (broad SMARTS) is 3. The first kappa shape index (κ1) is 17.9. The summed E-state index contributed by atoms with van der Waals surface area (Å²) in [6, 6.07) is -2.29. The van der Waals surface area contributed by atoms with E-state index in [4.69, 9.17) is 20.4 Å². The van der Waals surface area contributed by atoms with Crippen LogP contribution in [0.4, 0.5) is 0 Å². The average molecular weight is 290 g/mol. The Bertz CT molecular complexity index is 347. The summed E-state index contributed by atoms with van der Waals surface area (Å²) >= 11 is 0. The van der Waals surface area contributed by atoms with Crippen LogP contribution >= 0.6 is 0 Å². The lowest BCUT2D eigenvalue weighted by atomic mass is 10.2. The molecule has 9 heteroatoms. The van der Waals surface area contributed by atoms with Crippen LogP contribution in [0.3, 0.4) is 0 Å². The second-order valence-electron chi connectivity index (χ2n) is 4.06. The number of nitrogens with one attached hydrogen (secondary N) is 2. The van der Waals surface area contributed by atoms with Gasteiger partial charge < -0.3 is 31.1 Å². The number of aliphatic hydroxyl groups is 1. The fraction of sp³-hybridized carbons (Fsp3) is 0.545. The van der Waals surface area contributed by atoms with Gasteiger partial charge in [0, 0.05) is 19.5 Å². The van der Waals surface area contributed by atoms with E-state index >= 15 is 0 Å². The Balaban J connectivity index is 4.13. The third kappa shape index (κ3) is 8.06. The molecule has 20 heavy (non-hydrogen) atoms. The van der Waals surface area contributed by atoms with Gasteiger partial charge in [0.25, 0.3) is 0 Å². The first-order chi connectivity index (χ1) is 9.23. The van der Waals surface area contributed by atoms with Gasteiger partial charge in [-0.15, -0.1) is 0 Å². The van der Waals surface area contributed by atoms with Crippen LogP contribution in [0, 0.1) is 0 Å². The molecule has 0 heterocycles. The molecule has 0 aromatic heterocycles. The van der Waals surface area contributed by atoms with Gasteiger partial charge in [0.15, 0.2) is 0 Å². The number of rotatable bonds is 11. The molecule has 0 fully saturated rings. The Hall–Kier alpha value is -2.13. The van der Waals surface area contributed by atoms with Gasteiger partial charge in [0.2, 0.25) is 0 Å². The largest absolute Gasteiger partial charge is 0.513 e. The van der Waals surface area contributed by atoms with Crippen molar-refractivity contribution in [1.82, 2.24) is 10.6 Å². The molecule has 0 aromatic rings. The second-order valence-corrected chi connectivity index (χ2v) is 4.06. The van der Waals surface area contributed by atoms with Crippen LogP contribution in [0.15, 0.2) is 12.3 Å². The van der Waals surface area contributed by atoms with E-state index in [-0.39, 0.29) is 25.3 Å². The molecular formula is C11H18N2O7. The van der Waals surface area contributed by atoms with Gasteiger partial charge in [-0.25, -0.2) is 0 Å². The summed E-state index contributed by atoms with van der Waals surface area (Å²) in [5.41, 5.74) is 0. The maximum Gasteiger partial charge on any atom is 0.321 e.